The first-order chi connectivity index (χ1) is 6.15. The molecular formula is C11H14ClN. The van der Waals surface area contributed by atoms with E-state index in [0.29, 0.717) is 0 Å². The molecular weight excluding hydrogens is 182 g/mol. The van der Waals surface area contributed by atoms with Gasteiger partial charge in [-0.25, -0.2) is 0 Å². The summed E-state index contributed by atoms with van der Waals surface area (Å²) in [6.45, 7) is 2.15. The lowest BCUT2D eigenvalue weighted by atomic mass is 9.97. The van der Waals surface area contributed by atoms with Gasteiger partial charge >= 0.3 is 0 Å². The molecule has 1 aliphatic rings. The Bertz CT molecular complexity index is 329. The number of rotatable bonds is 2. The van der Waals surface area contributed by atoms with Crippen molar-refractivity contribution < 1.29 is 0 Å². The predicted octanol–water partition coefficient (Wildman–Crippen LogP) is 2.85. The van der Waals surface area contributed by atoms with Crippen molar-refractivity contribution in [3.05, 3.63) is 34.3 Å². The molecule has 0 heterocycles. The molecule has 1 aromatic rings. The van der Waals surface area contributed by atoms with Gasteiger partial charge in [0.25, 0.3) is 0 Å². The Kier molecular flexibility index (Phi) is 2.09. The van der Waals surface area contributed by atoms with Crippen molar-refractivity contribution in [2.45, 2.75) is 31.7 Å². The third kappa shape index (κ3) is 1.59. The predicted molar refractivity (Wildman–Crippen MR) is 55.9 cm³/mol. The van der Waals surface area contributed by atoms with Gasteiger partial charge in [-0.3, -0.25) is 0 Å². The molecule has 1 aromatic carbocycles. The molecule has 1 aliphatic carbocycles. The molecule has 0 saturated heterocycles. The van der Waals surface area contributed by atoms with Gasteiger partial charge in [-0.05, 0) is 42.5 Å². The fourth-order valence-electron chi connectivity index (χ4n) is 1.72. The average Bonchev–Trinajstić information content (AvgIpc) is 2.85. The maximum Gasteiger partial charge on any atom is 0.0414 e. The van der Waals surface area contributed by atoms with Crippen LogP contribution in [0.3, 0.4) is 0 Å². The Morgan fingerprint density at radius 3 is 2.69 bits per heavy atom. The zero-order valence-electron chi connectivity index (χ0n) is 7.81. The molecule has 2 N–H and O–H groups in total. The van der Waals surface area contributed by atoms with Crippen LogP contribution in [-0.2, 0) is 12.0 Å². The van der Waals surface area contributed by atoms with Crippen LogP contribution in [0.25, 0.3) is 0 Å². The summed E-state index contributed by atoms with van der Waals surface area (Å²) in [5.74, 6) is 0. The van der Waals surface area contributed by atoms with E-state index >= 15 is 0 Å². The number of benzene rings is 1. The molecule has 1 saturated carbocycles. The van der Waals surface area contributed by atoms with Crippen LogP contribution in [0.2, 0.25) is 5.02 Å². The van der Waals surface area contributed by atoms with Crippen LogP contribution in [0.15, 0.2) is 18.2 Å². The molecule has 2 heteroatoms. The van der Waals surface area contributed by atoms with E-state index in [9.17, 15) is 0 Å². The van der Waals surface area contributed by atoms with E-state index in [1.54, 1.807) is 0 Å². The molecule has 1 fully saturated rings. The van der Waals surface area contributed by atoms with Crippen molar-refractivity contribution in [2.75, 3.05) is 0 Å². The first kappa shape index (κ1) is 9.04. The SMILES string of the molecule is CCc1ccc(Cl)cc1C1(N)CC1. The lowest BCUT2D eigenvalue weighted by Crippen LogP contribution is -2.20. The monoisotopic (exact) mass is 195 g/mol. The molecule has 13 heavy (non-hydrogen) atoms. The van der Waals surface area contributed by atoms with Gasteiger partial charge in [-0.2, -0.15) is 0 Å². The van der Waals surface area contributed by atoms with Gasteiger partial charge in [0.2, 0.25) is 0 Å². The van der Waals surface area contributed by atoms with Crippen LogP contribution in [0.1, 0.15) is 30.9 Å². The van der Waals surface area contributed by atoms with Crippen LogP contribution >= 0.6 is 11.6 Å². The maximum absolute atomic E-state index is 6.15. The topological polar surface area (TPSA) is 26.0 Å². The van der Waals surface area contributed by atoms with Crippen LogP contribution in [0.4, 0.5) is 0 Å². The number of halogens is 1. The van der Waals surface area contributed by atoms with Gasteiger partial charge in [0, 0.05) is 10.6 Å². The molecule has 2 rings (SSSR count). The Labute approximate surface area is 83.9 Å². The largest absolute Gasteiger partial charge is 0.321 e. The summed E-state index contributed by atoms with van der Waals surface area (Å²) in [4.78, 5) is 0. The molecule has 0 atom stereocenters. The summed E-state index contributed by atoms with van der Waals surface area (Å²) >= 11 is 5.95. The second-order valence-electron chi connectivity index (χ2n) is 3.81. The minimum absolute atomic E-state index is 0.0593. The van der Waals surface area contributed by atoms with Gasteiger partial charge in [0.05, 0.1) is 0 Å². The molecule has 0 amide bonds. The summed E-state index contributed by atoms with van der Waals surface area (Å²) in [7, 11) is 0. The number of aryl methyl sites for hydroxylation is 1. The number of hydrogen-bond donors (Lipinski definition) is 1. The van der Waals surface area contributed by atoms with Gasteiger partial charge in [-0.15, -0.1) is 0 Å². The van der Waals surface area contributed by atoms with Crippen LogP contribution < -0.4 is 5.73 Å². The zero-order chi connectivity index (χ0) is 9.47. The normalized spacial score (nSPS) is 18.7. The summed E-state index contributed by atoms with van der Waals surface area (Å²) in [6.07, 6.45) is 3.23. The van der Waals surface area contributed by atoms with Crippen molar-refractivity contribution in [1.29, 1.82) is 0 Å². The highest BCUT2D eigenvalue weighted by Gasteiger charge is 2.41. The van der Waals surface area contributed by atoms with Crippen molar-refractivity contribution in [1.82, 2.24) is 0 Å². The van der Waals surface area contributed by atoms with Gasteiger partial charge in [0.15, 0.2) is 0 Å². The Morgan fingerprint density at radius 1 is 1.46 bits per heavy atom. The molecule has 0 spiro atoms. The van der Waals surface area contributed by atoms with Crippen LogP contribution in [-0.4, -0.2) is 0 Å². The highest BCUT2D eigenvalue weighted by atomic mass is 35.5. The summed E-state index contributed by atoms with van der Waals surface area (Å²) in [5, 5.41) is 0.795. The third-order valence-corrected chi connectivity index (χ3v) is 3.01. The molecule has 0 unspecified atom stereocenters. The summed E-state index contributed by atoms with van der Waals surface area (Å²) < 4.78 is 0. The van der Waals surface area contributed by atoms with Crippen molar-refractivity contribution in [2.24, 2.45) is 5.73 Å². The fraction of sp³-hybridized carbons (Fsp3) is 0.455. The van der Waals surface area contributed by atoms with Crippen LogP contribution in [0, 0.1) is 0 Å². The quantitative estimate of drug-likeness (QED) is 0.772. The maximum atomic E-state index is 6.15. The van der Waals surface area contributed by atoms with E-state index in [1.165, 1.54) is 11.1 Å². The molecule has 1 nitrogen and oxygen atoms in total. The highest BCUT2D eigenvalue weighted by molar-refractivity contribution is 6.30. The average molecular weight is 196 g/mol. The first-order valence-electron chi connectivity index (χ1n) is 4.73. The van der Waals surface area contributed by atoms with E-state index in [-0.39, 0.29) is 5.54 Å². The van der Waals surface area contributed by atoms with E-state index in [0.717, 1.165) is 24.3 Å². The van der Waals surface area contributed by atoms with E-state index in [4.69, 9.17) is 17.3 Å². The van der Waals surface area contributed by atoms with Crippen molar-refractivity contribution in [3.63, 3.8) is 0 Å². The minimum atomic E-state index is -0.0593. The standard InChI is InChI=1S/C11H14ClN/c1-2-8-3-4-9(12)7-10(8)11(13)5-6-11/h3-4,7H,2,5-6,13H2,1H3. The molecule has 0 bridgehead atoms. The smallest absolute Gasteiger partial charge is 0.0414 e. The van der Waals surface area contributed by atoms with Gasteiger partial charge in [0.1, 0.15) is 0 Å². The molecule has 0 aliphatic heterocycles. The van der Waals surface area contributed by atoms with Gasteiger partial charge in [-0.1, -0.05) is 24.6 Å². The fourth-order valence-corrected chi connectivity index (χ4v) is 1.90. The first-order valence-corrected chi connectivity index (χ1v) is 5.11. The number of hydrogen-bond acceptors (Lipinski definition) is 1. The Hall–Kier alpha value is -0.530. The van der Waals surface area contributed by atoms with E-state index in [1.807, 2.05) is 12.1 Å². The molecule has 0 radical (unpaired) electrons. The van der Waals surface area contributed by atoms with Crippen LogP contribution in [0.5, 0.6) is 0 Å². The van der Waals surface area contributed by atoms with E-state index in [2.05, 4.69) is 13.0 Å². The highest BCUT2D eigenvalue weighted by Crippen LogP contribution is 2.44. The lowest BCUT2D eigenvalue weighted by Gasteiger charge is -2.14. The Balaban J connectivity index is 2.47. The molecule has 70 valence electrons. The third-order valence-electron chi connectivity index (χ3n) is 2.78. The van der Waals surface area contributed by atoms with Crippen molar-refractivity contribution >= 4 is 11.6 Å². The summed E-state index contributed by atoms with van der Waals surface area (Å²) in [6, 6.07) is 6.05. The second kappa shape index (κ2) is 3.00. The lowest BCUT2D eigenvalue weighted by molar-refractivity contribution is 0.727. The van der Waals surface area contributed by atoms with E-state index < -0.39 is 0 Å². The number of nitrogens with two attached hydrogens (primary N) is 1. The molecule has 0 aromatic heterocycles. The second-order valence-corrected chi connectivity index (χ2v) is 4.25. The zero-order valence-corrected chi connectivity index (χ0v) is 8.56. The Morgan fingerprint density at radius 2 is 2.15 bits per heavy atom. The van der Waals surface area contributed by atoms with Crippen molar-refractivity contribution in [3.8, 4) is 0 Å². The van der Waals surface area contributed by atoms with Gasteiger partial charge < -0.3 is 5.73 Å². The summed E-state index contributed by atoms with van der Waals surface area (Å²) in [5.41, 5.74) is 8.68. The minimum Gasteiger partial charge on any atom is -0.321 e.